The van der Waals surface area contributed by atoms with E-state index in [9.17, 15) is 0 Å². The lowest BCUT2D eigenvalue weighted by Crippen LogP contribution is -2.08. The van der Waals surface area contributed by atoms with Crippen molar-refractivity contribution in [1.29, 1.82) is 0 Å². The second-order valence-corrected chi connectivity index (χ2v) is 3.80. The predicted octanol–water partition coefficient (Wildman–Crippen LogP) is 1.30. The molecule has 0 saturated heterocycles. The standard InChI is InChI=1S/C9H15N3OS/c1-3-11-9-7(4-10-6-12-9)8(5-13)14-2/h4,6,8,13H,3,5H2,1-2H3,(H,10,11,12). The highest BCUT2D eigenvalue weighted by atomic mass is 32.2. The third kappa shape index (κ3) is 2.59. The summed E-state index contributed by atoms with van der Waals surface area (Å²) in [4.78, 5) is 8.11. The number of aromatic nitrogens is 2. The number of rotatable bonds is 5. The van der Waals surface area contributed by atoms with Crippen molar-refractivity contribution in [2.24, 2.45) is 0 Å². The molecule has 0 aliphatic rings. The van der Waals surface area contributed by atoms with E-state index in [-0.39, 0.29) is 11.9 Å². The number of nitrogens with one attached hydrogen (secondary N) is 1. The summed E-state index contributed by atoms with van der Waals surface area (Å²) >= 11 is 1.59. The van der Waals surface area contributed by atoms with E-state index in [1.54, 1.807) is 18.0 Å². The van der Waals surface area contributed by atoms with Crippen molar-refractivity contribution in [2.75, 3.05) is 24.7 Å². The normalized spacial score (nSPS) is 12.5. The van der Waals surface area contributed by atoms with E-state index < -0.39 is 0 Å². The van der Waals surface area contributed by atoms with Crippen LogP contribution in [-0.2, 0) is 0 Å². The van der Waals surface area contributed by atoms with E-state index in [0.717, 1.165) is 17.9 Å². The molecule has 1 aromatic rings. The molecule has 5 heteroatoms. The summed E-state index contributed by atoms with van der Waals surface area (Å²) in [5, 5.41) is 12.4. The van der Waals surface area contributed by atoms with Gasteiger partial charge in [-0.05, 0) is 13.2 Å². The van der Waals surface area contributed by atoms with Crippen molar-refractivity contribution in [3.63, 3.8) is 0 Å². The summed E-state index contributed by atoms with van der Waals surface area (Å²) < 4.78 is 0. The van der Waals surface area contributed by atoms with Gasteiger partial charge in [0.15, 0.2) is 0 Å². The number of anilines is 1. The van der Waals surface area contributed by atoms with Gasteiger partial charge in [0.25, 0.3) is 0 Å². The lowest BCUT2D eigenvalue weighted by molar-refractivity contribution is 0.296. The van der Waals surface area contributed by atoms with E-state index in [2.05, 4.69) is 15.3 Å². The van der Waals surface area contributed by atoms with Gasteiger partial charge in [-0.25, -0.2) is 9.97 Å². The number of hydrogen-bond acceptors (Lipinski definition) is 5. The van der Waals surface area contributed by atoms with Crippen LogP contribution in [0.25, 0.3) is 0 Å². The molecule has 0 aromatic carbocycles. The van der Waals surface area contributed by atoms with Crippen molar-refractivity contribution < 1.29 is 5.11 Å². The zero-order valence-corrected chi connectivity index (χ0v) is 9.21. The Labute approximate surface area is 88.2 Å². The van der Waals surface area contributed by atoms with Crippen LogP contribution in [0.2, 0.25) is 0 Å². The highest BCUT2D eigenvalue weighted by molar-refractivity contribution is 7.98. The number of aliphatic hydroxyl groups excluding tert-OH is 1. The molecule has 0 radical (unpaired) electrons. The minimum Gasteiger partial charge on any atom is -0.395 e. The van der Waals surface area contributed by atoms with Crippen LogP contribution in [-0.4, -0.2) is 34.5 Å². The molecule has 1 rings (SSSR count). The van der Waals surface area contributed by atoms with Gasteiger partial charge >= 0.3 is 0 Å². The van der Waals surface area contributed by atoms with Crippen LogP contribution in [0.4, 0.5) is 5.82 Å². The molecular formula is C9H15N3OS. The van der Waals surface area contributed by atoms with Gasteiger partial charge in [0.2, 0.25) is 0 Å². The molecule has 0 saturated carbocycles. The van der Waals surface area contributed by atoms with Gasteiger partial charge in [0.05, 0.1) is 11.9 Å². The Morgan fingerprint density at radius 2 is 2.43 bits per heavy atom. The third-order valence-electron chi connectivity index (χ3n) is 1.88. The average Bonchev–Trinajstić information content (AvgIpc) is 2.23. The largest absolute Gasteiger partial charge is 0.395 e. The Hall–Kier alpha value is -0.810. The number of hydrogen-bond donors (Lipinski definition) is 2. The zero-order valence-electron chi connectivity index (χ0n) is 8.40. The van der Waals surface area contributed by atoms with Gasteiger partial charge in [-0.1, -0.05) is 0 Å². The number of aliphatic hydroxyl groups is 1. The van der Waals surface area contributed by atoms with Crippen LogP contribution in [0.3, 0.4) is 0 Å². The van der Waals surface area contributed by atoms with Crippen molar-refractivity contribution in [1.82, 2.24) is 9.97 Å². The van der Waals surface area contributed by atoms with Gasteiger partial charge in [0, 0.05) is 18.3 Å². The Morgan fingerprint density at radius 3 is 3.00 bits per heavy atom. The molecule has 1 unspecified atom stereocenters. The highest BCUT2D eigenvalue weighted by Gasteiger charge is 2.13. The van der Waals surface area contributed by atoms with E-state index in [4.69, 9.17) is 5.11 Å². The minimum atomic E-state index is 0.0465. The molecule has 2 N–H and O–H groups in total. The fraction of sp³-hybridized carbons (Fsp3) is 0.556. The predicted molar refractivity (Wildman–Crippen MR) is 59.5 cm³/mol. The van der Waals surface area contributed by atoms with Crippen molar-refractivity contribution in [3.05, 3.63) is 18.1 Å². The second kappa shape index (κ2) is 5.82. The van der Waals surface area contributed by atoms with E-state index in [1.807, 2.05) is 13.2 Å². The van der Waals surface area contributed by atoms with Gasteiger partial charge in [-0.15, -0.1) is 0 Å². The molecule has 1 atom stereocenters. The van der Waals surface area contributed by atoms with Crippen LogP contribution in [0, 0.1) is 0 Å². The zero-order chi connectivity index (χ0) is 10.4. The fourth-order valence-corrected chi connectivity index (χ4v) is 1.77. The van der Waals surface area contributed by atoms with E-state index in [0.29, 0.717) is 0 Å². The SMILES string of the molecule is CCNc1ncncc1C(CO)SC. The van der Waals surface area contributed by atoms with Crippen molar-refractivity contribution >= 4 is 17.6 Å². The molecule has 0 bridgehead atoms. The monoisotopic (exact) mass is 213 g/mol. The number of nitrogens with zero attached hydrogens (tertiary/aromatic N) is 2. The Kier molecular flexibility index (Phi) is 4.69. The first-order valence-corrected chi connectivity index (χ1v) is 5.79. The first-order chi connectivity index (χ1) is 6.83. The maximum absolute atomic E-state index is 9.17. The van der Waals surface area contributed by atoms with Crippen molar-refractivity contribution in [2.45, 2.75) is 12.2 Å². The smallest absolute Gasteiger partial charge is 0.133 e. The van der Waals surface area contributed by atoms with Crippen LogP contribution in [0.15, 0.2) is 12.5 Å². The van der Waals surface area contributed by atoms with Gasteiger partial charge in [0.1, 0.15) is 12.1 Å². The molecule has 0 spiro atoms. The summed E-state index contributed by atoms with van der Waals surface area (Å²) in [6, 6.07) is 0. The first-order valence-electron chi connectivity index (χ1n) is 4.50. The molecule has 0 amide bonds. The van der Waals surface area contributed by atoms with Crippen molar-refractivity contribution in [3.8, 4) is 0 Å². The van der Waals surface area contributed by atoms with Crippen LogP contribution < -0.4 is 5.32 Å². The molecule has 1 heterocycles. The second-order valence-electron chi connectivity index (χ2n) is 2.76. The van der Waals surface area contributed by atoms with Crippen LogP contribution in [0.1, 0.15) is 17.7 Å². The van der Waals surface area contributed by atoms with E-state index >= 15 is 0 Å². The Balaban J connectivity index is 2.92. The molecule has 1 aromatic heterocycles. The molecule has 4 nitrogen and oxygen atoms in total. The molecule has 78 valence electrons. The summed E-state index contributed by atoms with van der Waals surface area (Å²) in [6.07, 6.45) is 5.22. The molecular weight excluding hydrogens is 198 g/mol. The van der Waals surface area contributed by atoms with E-state index in [1.165, 1.54) is 6.33 Å². The summed E-state index contributed by atoms with van der Waals surface area (Å²) in [6.45, 7) is 2.93. The molecule has 0 aliphatic carbocycles. The summed E-state index contributed by atoms with van der Waals surface area (Å²) in [5.74, 6) is 0.816. The third-order valence-corrected chi connectivity index (χ3v) is 2.85. The summed E-state index contributed by atoms with van der Waals surface area (Å²) in [5.41, 5.74) is 0.962. The topological polar surface area (TPSA) is 58.0 Å². The van der Waals surface area contributed by atoms with Crippen LogP contribution in [0.5, 0.6) is 0 Å². The average molecular weight is 213 g/mol. The lowest BCUT2D eigenvalue weighted by Gasteiger charge is -2.14. The number of thioether (sulfide) groups is 1. The maximum atomic E-state index is 9.17. The molecule has 14 heavy (non-hydrogen) atoms. The van der Waals surface area contributed by atoms with Gasteiger partial charge in [-0.2, -0.15) is 11.8 Å². The summed E-state index contributed by atoms with van der Waals surface area (Å²) in [7, 11) is 0. The first kappa shape index (κ1) is 11.3. The van der Waals surface area contributed by atoms with Gasteiger partial charge in [-0.3, -0.25) is 0 Å². The fourth-order valence-electron chi connectivity index (χ4n) is 1.19. The van der Waals surface area contributed by atoms with Crippen LogP contribution >= 0.6 is 11.8 Å². The Bertz CT molecular complexity index is 279. The lowest BCUT2D eigenvalue weighted by atomic mass is 10.2. The minimum absolute atomic E-state index is 0.0465. The van der Waals surface area contributed by atoms with Gasteiger partial charge < -0.3 is 10.4 Å². The maximum Gasteiger partial charge on any atom is 0.133 e. The Morgan fingerprint density at radius 1 is 1.64 bits per heavy atom. The molecule has 0 aliphatic heterocycles. The quantitative estimate of drug-likeness (QED) is 0.772. The highest BCUT2D eigenvalue weighted by Crippen LogP contribution is 2.29. The molecule has 0 fully saturated rings.